The number of nitrogens with two attached hydrogens (primary N) is 1. The molecule has 1 saturated carbocycles. The fourth-order valence-electron chi connectivity index (χ4n) is 4.04. The summed E-state index contributed by atoms with van der Waals surface area (Å²) >= 11 is 0. The van der Waals surface area contributed by atoms with Crippen LogP contribution in [0.4, 0.5) is 5.69 Å². The van der Waals surface area contributed by atoms with Crippen LogP contribution in [0.5, 0.6) is 5.75 Å². The second-order valence-electron chi connectivity index (χ2n) is 8.57. The summed E-state index contributed by atoms with van der Waals surface area (Å²) in [7, 11) is 0. The molecule has 7 nitrogen and oxygen atoms in total. The average Bonchev–Trinajstić information content (AvgIpc) is 3.45. The summed E-state index contributed by atoms with van der Waals surface area (Å²) < 4.78 is 6.06. The number of hydrogen-bond donors (Lipinski definition) is 3. The van der Waals surface area contributed by atoms with Crippen LogP contribution >= 0.6 is 0 Å². The molecule has 3 aliphatic rings. The first-order valence-electron chi connectivity index (χ1n) is 10.5. The number of rotatable bonds is 6. The Hall–Kier alpha value is -2.38. The van der Waals surface area contributed by atoms with Crippen molar-refractivity contribution in [2.24, 2.45) is 4.99 Å². The maximum Gasteiger partial charge on any atom is 0.125 e. The minimum Gasteiger partial charge on any atom is -0.488 e. The molecular weight excluding hydrogens is 364 g/mol. The zero-order chi connectivity index (χ0) is 20.6. The number of allylic oxidation sites excluding steroid dienone is 1. The van der Waals surface area contributed by atoms with Crippen molar-refractivity contribution in [3.05, 3.63) is 35.5 Å². The number of likely N-dealkylation sites (N-methyl/N-ethyl adjacent to an activating group) is 1. The maximum atomic E-state index is 8.76. The first-order valence-corrected chi connectivity index (χ1v) is 10.5. The summed E-state index contributed by atoms with van der Waals surface area (Å²) in [4.78, 5) is 9.46. The molecule has 1 saturated heterocycles. The van der Waals surface area contributed by atoms with Gasteiger partial charge in [0.15, 0.2) is 0 Å². The third-order valence-corrected chi connectivity index (χ3v) is 6.22. The van der Waals surface area contributed by atoms with Gasteiger partial charge >= 0.3 is 0 Å². The summed E-state index contributed by atoms with van der Waals surface area (Å²) in [6, 6.07) is 6.10. The molecule has 2 atom stereocenters. The van der Waals surface area contributed by atoms with Crippen LogP contribution in [0.1, 0.15) is 39.2 Å². The predicted octanol–water partition coefficient (Wildman–Crippen LogP) is 2.44. The van der Waals surface area contributed by atoms with Gasteiger partial charge in [-0.3, -0.25) is 20.2 Å². The normalized spacial score (nSPS) is 26.5. The Morgan fingerprint density at radius 2 is 2.17 bits per heavy atom. The van der Waals surface area contributed by atoms with Crippen LogP contribution in [-0.2, 0) is 0 Å². The highest BCUT2D eigenvalue weighted by atomic mass is 16.5. The number of nitrogens with zero attached hydrogens (tertiary/aromatic N) is 3. The average molecular weight is 397 g/mol. The summed E-state index contributed by atoms with van der Waals surface area (Å²) in [6.45, 7) is 10.6. The van der Waals surface area contributed by atoms with Gasteiger partial charge in [0.25, 0.3) is 0 Å². The molecule has 0 radical (unpaired) electrons. The van der Waals surface area contributed by atoms with Gasteiger partial charge in [0.1, 0.15) is 17.5 Å². The predicted molar refractivity (Wildman–Crippen MR) is 118 cm³/mol. The van der Waals surface area contributed by atoms with Crippen molar-refractivity contribution in [3.8, 4) is 5.75 Å². The standard InChI is InChI=1S/C22H32N6O/c1-4-27-9-10-28(13-15(27)2)20-12-19(25-14-26-20)21(24)17-11-16(5-6-18(17)23)29-22(3)7-8-22/h5-6,11-12,14-15,20,24H,4,7-10,13,23H2,1-3H3,(H,25,26)/t15-,20?/m1/s1. The van der Waals surface area contributed by atoms with Gasteiger partial charge in [0, 0.05) is 36.9 Å². The van der Waals surface area contributed by atoms with Crippen LogP contribution in [0, 0.1) is 5.41 Å². The summed E-state index contributed by atoms with van der Waals surface area (Å²) in [5.74, 6) is 0.769. The number of aliphatic imine (C=N–C) groups is 1. The lowest BCUT2D eigenvalue weighted by Crippen LogP contribution is -2.54. The lowest BCUT2D eigenvalue weighted by Gasteiger charge is -2.41. The van der Waals surface area contributed by atoms with Gasteiger partial charge < -0.3 is 15.8 Å². The Labute approximate surface area is 173 Å². The van der Waals surface area contributed by atoms with Gasteiger partial charge in [0.2, 0.25) is 0 Å². The molecular formula is C22H32N6O. The molecule has 1 aromatic rings. The number of anilines is 1. The lowest BCUT2D eigenvalue weighted by atomic mass is 10.0. The summed E-state index contributed by atoms with van der Waals surface area (Å²) in [6.07, 6.45) is 5.82. The number of ether oxygens (including phenoxy) is 1. The molecule has 4 N–H and O–H groups in total. The molecule has 2 aliphatic heterocycles. The molecule has 0 aromatic heterocycles. The molecule has 4 rings (SSSR count). The van der Waals surface area contributed by atoms with Crippen molar-refractivity contribution >= 4 is 17.7 Å². The van der Waals surface area contributed by atoms with E-state index in [2.05, 4.69) is 40.9 Å². The molecule has 1 aromatic carbocycles. The second-order valence-corrected chi connectivity index (χ2v) is 8.57. The van der Waals surface area contributed by atoms with E-state index in [1.165, 1.54) is 0 Å². The number of nitrogens with one attached hydrogen (secondary N) is 2. The van der Waals surface area contributed by atoms with E-state index >= 15 is 0 Å². The van der Waals surface area contributed by atoms with E-state index in [-0.39, 0.29) is 11.8 Å². The summed E-state index contributed by atoms with van der Waals surface area (Å²) in [5, 5.41) is 11.9. The Bertz CT molecular complexity index is 844. The van der Waals surface area contributed by atoms with E-state index in [1.54, 1.807) is 6.34 Å². The van der Waals surface area contributed by atoms with Gasteiger partial charge in [-0.2, -0.15) is 0 Å². The molecule has 0 amide bonds. The third kappa shape index (κ3) is 4.31. The van der Waals surface area contributed by atoms with Crippen molar-refractivity contribution in [1.29, 1.82) is 5.41 Å². The molecule has 156 valence electrons. The Balaban J connectivity index is 1.50. The largest absolute Gasteiger partial charge is 0.488 e. The molecule has 2 heterocycles. The van der Waals surface area contributed by atoms with Gasteiger partial charge in [-0.15, -0.1) is 0 Å². The van der Waals surface area contributed by atoms with Crippen molar-refractivity contribution < 1.29 is 4.74 Å². The van der Waals surface area contributed by atoms with Crippen molar-refractivity contribution in [2.45, 2.75) is 51.4 Å². The monoisotopic (exact) mass is 396 g/mol. The SMILES string of the molecule is CCN1CCN(C2C=C(C(=N)c3cc(OC4(C)CC4)ccc3N)NC=N2)C[C@H]1C. The van der Waals surface area contributed by atoms with E-state index in [4.69, 9.17) is 15.9 Å². The topological polar surface area (TPSA) is 90.0 Å². The highest BCUT2D eigenvalue weighted by molar-refractivity contribution is 6.14. The fourth-order valence-corrected chi connectivity index (χ4v) is 4.04. The number of hydrogen-bond acceptors (Lipinski definition) is 7. The Kier molecular flexibility index (Phi) is 5.36. The maximum absolute atomic E-state index is 8.76. The van der Waals surface area contributed by atoms with Crippen molar-refractivity contribution in [1.82, 2.24) is 15.1 Å². The molecule has 1 aliphatic carbocycles. The van der Waals surface area contributed by atoms with Crippen LogP contribution < -0.4 is 15.8 Å². The third-order valence-electron chi connectivity index (χ3n) is 6.22. The highest BCUT2D eigenvalue weighted by Crippen LogP contribution is 2.40. The highest BCUT2D eigenvalue weighted by Gasteiger charge is 2.40. The van der Waals surface area contributed by atoms with E-state index in [0.717, 1.165) is 50.5 Å². The van der Waals surface area contributed by atoms with E-state index in [0.29, 0.717) is 23.0 Å². The minimum atomic E-state index is -0.0625. The Morgan fingerprint density at radius 3 is 2.86 bits per heavy atom. The minimum absolute atomic E-state index is 0.0564. The zero-order valence-corrected chi connectivity index (χ0v) is 17.6. The van der Waals surface area contributed by atoms with Crippen LogP contribution in [0.25, 0.3) is 0 Å². The van der Waals surface area contributed by atoms with Crippen molar-refractivity contribution in [3.63, 3.8) is 0 Å². The van der Waals surface area contributed by atoms with E-state index in [1.807, 2.05) is 24.3 Å². The first kappa shape index (κ1) is 19.9. The number of nitrogen functional groups attached to an aromatic ring is 1. The molecule has 2 fully saturated rings. The van der Waals surface area contributed by atoms with Crippen LogP contribution in [0.15, 0.2) is 35.0 Å². The Morgan fingerprint density at radius 1 is 1.38 bits per heavy atom. The summed E-state index contributed by atoms with van der Waals surface area (Å²) in [5.41, 5.74) is 8.50. The van der Waals surface area contributed by atoms with Gasteiger partial charge in [-0.1, -0.05) is 6.92 Å². The van der Waals surface area contributed by atoms with Crippen LogP contribution in [0.3, 0.4) is 0 Å². The van der Waals surface area contributed by atoms with Crippen LogP contribution in [0.2, 0.25) is 0 Å². The first-order chi connectivity index (χ1) is 13.9. The molecule has 0 spiro atoms. The number of benzene rings is 1. The van der Waals surface area contributed by atoms with Crippen LogP contribution in [-0.4, -0.2) is 65.8 Å². The zero-order valence-electron chi connectivity index (χ0n) is 17.6. The van der Waals surface area contributed by atoms with Crippen molar-refractivity contribution in [2.75, 3.05) is 31.9 Å². The van der Waals surface area contributed by atoms with E-state index < -0.39 is 0 Å². The van der Waals surface area contributed by atoms with Gasteiger partial charge in [-0.05, 0) is 57.5 Å². The second kappa shape index (κ2) is 7.80. The van der Waals surface area contributed by atoms with E-state index in [9.17, 15) is 0 Å². The molecule has 7 heteroatoms. The number of piperazine rings is 1. The molecule has 1 unspecified atom stereocenters. The fraction of sp³-hybridized carbons (Fsp3) is 0.545. The quantitative estimate of drug-likeness (QED) is 0.508. The molecule has 0 bridgehead atoms. The van der Waals surface area contributed by atoms with Gasteiger partial charge in [0.05, 0.1) is 17.7 Å². The van der Waals surface area contributed by atoms with Gasteiger partial charge in [-0.25, -0.2) is 0 Å². The smallest absolute Gasteiger partial charge is 0.125 e. The lowest BCUT2D eigenvalue weighted by molar-refractivity contribution is 0.0730. The molecule has 29 heavy (non-hydrogen) atoms.